The van der Waals surface area contributed by atoms with Crippen LogP contribution in [0.3, 0.4) is 0 Å². The number of para-hydroxylation sites is 1. The molecule has 0 bridgehead atoms. The average Bonchev–Trinajstić information content (AvgIpc) is 3.33. The molecule has 4 aromatic rings. The Kier molecular flexibility index (Phi) is 5.74. The molecule has 7 nitrogen and oxygen atoms in total. The van der Waals surface area contributed by atoms with Gasteiger partial charge in [-0.3, -0.25) is 19.5 Å². The smallest absolute Gasteiger partial charge is 0.294 e. The zero-order valence-electron chi connectivity index (χ0n) is 19.6. The summed E-state index contributed by atoms with van der Waals surface area (Å²) in [4.78, 5) is 42.6. The molecule has 1 N–H and O–H groups in total. The molecular formula is C28H25N4O3+. The molecule has 2 aromatic heterocycles. The number of hydrogen-bond acceptors (Lipinski definition) is 3. The van der Waals surface area contributed by atoms with Crippen molar-refractivity contribution < 1.29 is 14.2 Å². The van der Waals surface area contributed by atoms with E-state index >= 15 is 0 Å². The fourth-order valence-electron chi connectivity index (χ4n) is 4.39. The predicted octanol–water partition coefficient (Wildman–Crippen LogP) is 3.66. The molecule has 7 heteroatoms. The highest BCUT2D eigenvalue weighted by Gasteiger charge is 2.48. The molecule has 1 aliphatic rings. The van der Waals surface area contributed by atoms with Gasteiger partial charge in [-0.1, -0.05) is 55.3 Å². The normalized spacial score (nSPS) is 13.7. The molecule has 35 heavy (non-hydrogen) atoms. The van der Waals surface area contributed by atoms with Crippen molar-refractivity contribution in [3.8, 4) is 5.69 Å². The molecule has 174 valence electrons. The molecule has 0 saturated heterocycles. The number of aryl methyl sites for hydroxylation is 2. The van der Waals surface area contributed by atoms with Gasteiger partial charge < -0.3 is 0 Å². The summed E-state index contributed by atoms with van der Waals surface area (Å²) in [6, 6.07) is 21.8. The van der Waals surface area contributed by atoms with Crippen LogP contribution in [0.1, 0.15) is 30.2 Å². The van der Waals surface area contributed by atoms with E-state index in [1.54, 1.807) is 41.2 Å². The summed E-state index contributed by atoms with van der Waals surface area (Å²) < 4.78 is 3.05. The van der Waals surface area contributed by atoms with E-state index in [9.17, 15) is 14.4 Å². The van der Waals surface area contributed by atoms with Gasteiger partial charge in [0.05, 0.1) is 16.9 Å². The number of benzene rings is 2. The van der Waals surface area contributed by atoms with E-state index in [0.717, 1.165) is 16.9 Å². The van der Waals surface area contributed by atoms with Crippen molar-refractivity contribution in [1.82, 2.24) is 9.78 Å². The Labute approximate surface area is 202 Å². The highest BCUT2D eigenvalue weighted by Crippen LogP contribution is 2.33. The van der Waals surface area contributed by atoms with Crippen LogP contribution in [0.2, 0.25) is 0 Å². The van der Waals surface area contributed by atoms with Crippen LogP contribution in [0.15, 0.2) is 90.0 Å². The molecule has 0 atom stereocenters. The Morgan fingerprint density at radius 2 is 1.46 bits per heavy atom. The summed E-state index contributed by atoms with van der Waals surface area (Å²) in [5.74, 6) is -0.988. The third-order valence-electron chi connectivity index (χ3n) is 6.06. The monoisotopic (exact) mass is 465 g/mol. The lowest BCUT2D eigenvalue weighted by Gasteiger charge is -2.14. The van der Waals surface area contributed by atoms with Gasteiger partial charge in [-0.05, 0) is 37.6 Å². The minimum atomic E-state index is -0.515. The number of aromatic amines is 1. The van der Waals surface area contributed by atoms with Crippen molar-refractivity contribution in [3.05, 3.63) is 112 Å². The molecular weight excluding hydrogens is 440 g/mol. The predicted molar refractivity (Wildman–Crippen MR) is 134 cm³/mol. The van der Waals surface area contributed by atoms with Crippen LogP contribution >= 0.6 is 0 Å². The second-order valence-electron chi connectivity index (χ2n) is 8.48. The summed E-state index contributed by atoms with van der Waals surface area (Å²) in [6.45, 7) is 3.94. The molecule has 0 saturated carbocycles. The first-order chi connectivity index (χ1) is 17.0. The first-order valence-electron chi connectivity index (χ1n) is 11.6. The zero-order chi connectivity index (χ0) is 24.5. The molecule has 5 rings (SSSR count). The topological polar surface area (TPSA) is 79.1 Å². The van der Waals surface area contributed by atoms with Gasteiger partial charge in [0.1, 0.15) is 5.57 Å². The highest BCUT2D eigenvalue weighted by atomic mass is 16.2. The molecule has 3 heterocycles. The Morgan fingerprint density at radius 3 is 2.11 bits per heavy atom. The van der Waals surface area contributed by atoms with E-state index < -0.39 is 11.8 Å². The number of pyridine rings is 1. The number of hydrogen-bond donors (Lipinski definition) is 1. The van der Waals surface area contributed by atoms with E-state index in [-0.39, 0.29) is 22.4 Å². The number of carbonyl (C=O) groups excluding carboxylic acids is 2. The van der Waals surface area contributed by atoms with Crippen molar-refractivity contribution in [3.63, 3.8) is 0 Å². The van der Waals surface area contributed by atoms with Crippen molar-refractivity contribution in [2.24, 2.45) is 0 Å². The lowest BCUT2D eigenvalue weighted by atomic mass is 10.0. The van der Waals surface area contributed by atoms with E-state index in [1.807, 2.05) is 62.4 Å². The van der Waals surface area contributed by atoms with Crippen LogP contribution in [0.5, 0.6) is 0 Å². The highest BCUT2D eigenvalue weighted by molar-refractivity contribution is 6.53. The Balaban J connectivity index is 1.77. The van der Waals surface area contributed by atoms with E-state index in [0.29, 0.717) is 23.5 Å². The van der Waals surface area contributed by atoms with E-state index in [4.69, 9.17) is 0 Å². The summed E-state index contributed by atoms with van der Waals surface area (Å²) in [5, 5.41) is 3.19. The molecule has 2 aromatic carbocycles. The van der Waals surface area contributed by atoms with Gasteiger partial charge in [0.25, 0.3) is 17.2 Å². The van der Waals surface area contributed by atoms with Gasteiger partial charge in [-0.15, -0.1) is 0 Å². The standard InChI is InChI=1S/C28H24N4O3/c1-3-10-22-23(27(34)32(29-22)21-11-6-4-7-12-21)24-25(30-17-8-5-9-18-30)28(35)31(26(24)33)20-15-13-19(2)14-16-20/h4-9,11-18H,3,10H2,1-2H3/p+1. The number of carbonyl (C=O) groups is 2. The van der Waals surface area contributed by atoms with Crippen LogP contribution in [0, 0.1) is 6.92 Å². The van der Waals surface area contributed by atoms with Gasteiger partial charge in [0.15, 0.2) is 12.4 Å². The van der Waals surface area contributed by atoms with Gasteiger partial charge in [-0.25, -0.2) is 9.58 Å². The second kappa shape index (κ2) is 9.02. The molecule has 1 aliphatic heterocycles. The van der Waals surface area contributed by atoms with Gasteiger partial charge in [-0.2, -0.15) is 4.57 Å². The molecule has 0 fully saturated rings. The summed E-state index contributed by atoms with van der Waals surface area (Å²) in [7, 11) is 0. The number of H-pyrrole nitrogens is 1. The van der Waals surface area contributed by atoms with Crippen LogP contribution in [0.4, 0.5) is 5.69 Å². The fraction of sp³-hybridized carbons (Fsp3) is 0.143. The van der Waals surface area contributed by atoms with Crippen molar-refractivity contribution in [2.75, 3.05) is 4.90 Å². The van der Waals surface area contributed by atoms with Crippen LogP contribution in [0.25, 0.3) is 17.0 Å². The molecule has 0 spiro atoms. The SMILES string of the molecule is CCCc1[nH]n(-c2ccccc2)c(=O)c1C1=C([n+]2ccccc2)C(=O)N(c2ccc(C)cc2)C1=O. The number of imide groups is 1. The number of amides is 2. The number of nitrogens with one attached hydrogen (secondary N) is 1. The minimum absolute atomic E-state index is 0.103. The lowest BCUT2D eigenvalue weighted by molar-refractivity contribution is -0.576. The van der Waals surface area contributed by atoms with Crippen LogP contribution in [-0.2, 0) is 16.0 Å². The fourth-order valence-corrected chi connectivity index (χ4v) is 4.39. The zero-order valence-corrected chi connectivity index (χ0v) is 19.6. The first kappa shape index (κ1) is 22.3. The number of rotatable bonds is 6. The Bertz CT molecular complexity index is 1500. The quantitative estimate of drug-likeness (QED) is 0.349. The first-order valence-corrected chi connectivity index (χ1v) is 11.6. The van der Waals surface area contributed by atoms with Crippen LogP contribution in [-0.4, -0.2) is 21.6 Å². The maximum atomic E-state index is 13.9. The van der Waals surface area contributed by atoms with Crippen LogP contribution < -0.4 is 15.0 Å². The molecule has 2 amide bonds. The number of nitrogens with zero attached hydrogens (tertiary/aromatic N) is 3. The van der Waals surface area contributed by atoms with Crippen molar-refractivity contribution >= 4 is 28.8 Å². The van der Waals surface area contributed by atoms with E-state index in [2.05, 4.69) is 5.10 Å². The largest absolute Gasteiger partial charge is 0.331 e. The summed E-state index contributed by atoms with van der Waals surface area (Å²) >= 11 is 0. The molecule has 0 aliphatic carbocycles. The van der Waals surface area contributed by atoms with Gasteiger partial charge in [0.2, 0.25) is 0 Å². The number of anilines is 1. The Hall–Kier alpha value is -4.52. The lowest BCUT2D eigenvalue weighted by Crippen LogP contribution is -2.39. The second-order valence-corrected chi connectivity index (χ2v) is 8.48. The van der Waals surface area contributed by atoms with E-state index in [1.165, 1.54) is 4.68 Å². The van der Waals surface area contributed by atoms with Crippen molar-refractivity contribution in [1.29, 1.82) is 0 Å². The third kappa shape index (κ3) is 3.81. The summed E-state index contributed by atoms with van der Waals surface area (Å²) in [5.41, 5.74) is 2.88. The third-order valence-corrected chi connectivity index (χ3v) is 6.06. The molecule has 0 unspecified atom stereocenters. The van der Waals surface area contributed by atoms with Gasteiger partial charge in [0, 0.05) is 17.8 Å². The maximum Gasteiger partial charge on any atom is 0.331 e. The molecule has 0 radical (unpaired) electrons. The van der Waals surface area contributed by atoms with Gasteiger partial charge >= 0.3 is 5.91 Å². The average molecular weight is 466 g/mol. The maximum absolute atomic E-state index is 13.9. The summed E-state index contributed by atoms with van der Waals surface area (Å²) in [6.07, 6.45) is 4.72. The minimum Gasteiger partial charge on any atom is -0.294 e. The Morgan fingerprint density at radius 1 is 0.800 bits per heavy atom. The number of aromatic nitrogens is 3. The van der Waals surface area contributed by atoms with Crippen molar-refractivity contribution in [2.45, 2.75) is 26.7 Å².